The third-order valence-electron chi connectivity index (χ3n) is 7.14. The highest BCUT2D eigenvalue weighted by atomic mass is 16.5. The van der Waals surface area contributed by atoms with Crippen LogP contribution in [0.3, 0.4) is 0 Å². The third kappa shape index (κ3) is 4.09. The van der Waals surface area contributed by atoms with Crippen LogP contribution in [-0.2, 0) is 9.59 Å². The molecule has 2 atom stereocenters. The summed E-state index contributed by atoms with van der Waals surface area (Å²) < 4.78 is 11.4. The Morgan fingerprint density at radius 3 is 2.57 bits per heavy atom. The summed E-state index contributed by atoms with van der Waals surface area (Å²) in [6, 6.07) is 18.0. The van der Waals surface area contributed by atoms with Gasteiger partial charge in [0.05, 0.1) is 13.2 Å². The van der Waals surface area contributed by atoms with Crippen molar-refractivity contribution in [2.75, 3.05) is 12.4 Å². The van der Waals surface area contributed by atoms with Gasteiger partial charge in [0.15, 0.2) is 29.2 Å². The zero-order valence-electron chi connectivity index (χ0n) is 20.9. The van der Waals surface area contributed by atoms with Crippen LogP contribution >= 0.6 is 0 Å². The van der Waals surface area contributed by atoms with Crippen LogP contribution in [-0.4, -0.2) is 24.8 Å². The van der Waals surface area contributed by atoms with Crippen molar-refractivity contribution in [2.24, 2.45) is 5.41 Å². The van der Waals surface area contributed by atoms with Crippen molar-refractivity contribution in [1.29, 1.82) is 0 Å². The number of ketones is 2. The van der Waals surface area contributed by atoms with Crippen LogP contribution in [0.1, 0.15) is 57.7 Å². The Balaban J connectivity index is 1.66. The molecule has 5 heteroatoms. The first-order chi connectivity index (χ1) is 16.7. The predicted molar refractivity (Wildman–Crippen MR) is 139 cm³/mol. The van der Waals surface area contributed by atoms with Crippen LogP contribution < -0.4 is 14.8 Å². The molecule has 5 rings (SSSR count). The van der Waals surface area contributed by atoms with Crippen molar-refractivity contribution in [3.8, 4) is 11.5 Å². The van der Waals surface area contributed by atoms with Gasteiger partial charge in [0, 0.05) is 23.2 Å². The number of carbonyl (C=O) groups is 2. The van der Waals surface area contributed by atoms with Crippen molar-refractivity contribution >= 4 is 33.6 Å². The molecule has 3 aromatic carbocycles. The fourth-order valence-electron chi connectivity index (χ4n) is 5.32. The maximum atomic E-state index is 13.6. The molecule has 0 radical (unpaired) electrons. The second kappa shape index (κ2) is 8.56. The van der Waals surface area contributed by atoms with Crippen molar-refractivity contribution in [3.63, 3.8) is 0 Å². The molecule has 0 saturated carbocycles. The van der Waals surface area contributed by atoms with E-state index >= 15 is 0 Å². The summed E-state index contributed by atoms with van der Waals surface area (Å²) in [5.74, 6) is 1.16. The van der Waals surface area contributed by atoms with E-state index < -0.39 is 6.10 Å². The largest absolute Gasteiger partial charge is 0.493 e. The minimum atomic E-state index is -0.570. The smallest absolute Gasteiger partial charge is 0.169 e. The highest BCUT2D eigenvalue weighted by Gasteiger charge is 2.41. The Labute approximate surface area is 206 Å². The minimum Gasteiger partial charge on any atom is -0.493 e. The second-order valence-corrected chi connectivity index (χ2v) is 10.4. The average Bonchev–Trinajstić information content (AvgIpc) is 2.82. The van der Waals surface area contributed by atoms with Crippen LogP contribution in [0.4, 0.5) is 5.69 Å². The zero-order valence-corrected chi connectivity index (χ0v) is 20.9. The molecule has 35 heavy (non-hydrogen) atoms. The Morgan fingerprint density at radius 2 is 1.83 bits per heavy atom. The van der Waals surface area contributed by atoms with E-state index in [1.54, 1.807) is 14.0 Å². The van der Waals surface area contributed by atoms with E-state index in [9.17, 15) is 9.59 Å². The third-order valence-corrected chi connectivity index (χ3v) is 7.14. The number of hydrogen-bond acceptors (Lipinski definition) is 5. The quantitative estimate of drug-likeness (QED) is 0.461. The molecule has 2 unspecified atom stereocenters. The molecular formula is C30H31NO4. The number of anilines is 1. The summed E-state index contributed by atoms with van der Waals surface area (Å²) >= 11 is 0. The van der Waals surface area contributed by atoms with Gasteiger partial charge in [-0.25, -0.2) is 0 Å². The highest BCUT2D eigenvalue weighted by molar-refractivity contribution is 6.12. The van der Waals surface area contributed by atoms with Gasteiger partial charge in [0.1, 0.15) is 0 Å². The van der Waals surface area contributed by atoms with Crippen LogP contribution in [0, 0.1) is 5.41 Å². The fourth-order valence-corrected chi connectivity index (χ4v) is 5.32. The SMILES string of the molecule is COc1cc(C2Nc3ccc4ccccc4c3C3=C2C(=O)CC(C)(C)C3)ccc1OC(C)C(C)=O. The molecular weight excluding hydrogens is 438 g/mol. The number of rotatable bonds is 5. The molecule has 0 aromatic heterocycles. The van der Waals surface area contributed by atoms with Gasteiger partial charge < -0.3 is 14.8 Å². The number of allylic oxidation sites excluding steroid dienone is 1. The average molecular weight is 470 g/mol. The molecule has 3 aromatic rings. The molecule has 0 spiro atoms. The van der Waals surface area contributed by atoms with E-state index in [4.69, 9.17) is 9.47 Å². The lowest BCUT2D eigenvalue weighted by Crippen LogP contribution is -2.33. The number of nitrogens with one attached hydrogen (secondary N) is 1. The zero-order chi connectivity index (χ0) is 24.9. The van der Waals surface area contributed by atoms with Gasteiger partial charge in [-0.1, -0.05) is 50.2 Å². The van der Waals surface area contributed by atoms with Gasteiger partial charge in [0.25, 0.3) is 0 Å². The number of carbonyl (C=O) groups excluding carboxylic acids is 2. The van der Waals surface area contributed by atoms with Crippen LogP contribution in [0.5, 0.6) is 11.5 Å². The monoisotopic (exact) mass is 469 g/mol. The Kier molecular flexibility index (Phi) is 5.66. The molecule has 1 aliphatic heterocycles. The highest BCUT2D eigenvalue weighted by Crippen LogP contribution is 2.52. The van der Waals surface area contributed by atoms with E-state index in [1.807, 2.05) is 24.3 Å². The van der Waals surface area contributed by atoms with E-state index in [-0.39, 0.29) is 23.0 Å². The summed E-state index contributed by atoms with van der Waals surface area (Å²) in [6.07, 6.45) is 0.777. The van der Waals surface area contributed by atoms with Crippen LogP contribution in [0.15, 0.2) is 60.2 Å². The first kappa shape index (κ1) is 23.2. The first-order valence-electron chi connectivity index (χ1n) is 12.1. The number of benzene rings is 3. The van der Waals surface area contributed by atoms with E-state index in [0.29, 0.717) is 17.9 Å². The van der Waals surface area contributed by atoms with E-state index in [1.165, 1.54) is 6.92 Å². The van der Waals surface area contributed by atoms with Crippen LogP contribution in [0.2, 0.25) is 0 Å². The van der Waals surface area contributed by atoms with Crippen molar-refractivity contribution in [2.45, 2.75) is 52.7 Å². The Hall–Kier alpha value is -3.60. The van der Waals surface area contributed by atoms with Crippen LogP contribution in [0.25, 0.3) is 16.3 Å². The minimum absolute atomic E-state index is 0.0564. The second-order valence-electron chi connectivity index (χ2n) is 10.4. The van der Waals surface area contributed by atoms with Crippen molar-refractivity contribution in [3.05, 3.63) is 71.3 Å². The van der Waals surface area contributed by atoms with Crippen molar-refractivity contribution < 1.29 is 19.1 Å². The van der Waals surface area contributed by atoms with E-state index in [2.05, 4.69) is 49.5 Å². The molecule has 1 aliphatic carbocycles. The van der Waals surface area contributed by atoms with Gasteiger partial charge in [-0.3, -0.25) is 9.59 Å². The van der Waals surface area contributed by atoms with Gasteiger partial charge >= 0.3 is 0 Å². The van der Waals surface area contributed by atoms with Gasteiger partial charge in [-0.15, -0.1) is 0 Å². The maximum absolute atomic E-state index is 13.6. The summed E-state index contributed by atoms with van der Waals surface area (Å²) in [7, 11) is 1.58. The lowest BCUT2D eigenvalue weighted by atomic mass is 9.68. The number of fused-ring (bicyclic) bond motifs is 4. The summed E-state index contributed by atoms with van der Waals surface area (Å²) in [6.45, 7) is 7.56. The molecule has 2 aliphatic rings. The molecule has 1 N–H and O–H groups in total. The van der Waals surface area contributed by atoms with Gasteiger partial charge in [-0.2, -0.15) is 0 Å². The number of ether oxygens (including phenoxy) is 2. The summed E-state index contributed by atoms with van der Waals surface area (Å²) in [5.41, 5.74) is 4.95. The van der Waals surface area contributed by atoms with Gasteiger partial charge in [-0.05, 0) is 65.8 Å². The first-order valence-corrected chi connectivity index (χ1v) is 12.1. The lowest BCUT2D eigenvalue weighted by molar-refractivity contribution is -0.123. The maximum Gasteiger partial charge on any atom is 0.169 e. The fraction of sp³-hybridized carbons (Fsp3) is 0.333. The number of hydrogen-bond donors (Lipinski definition) is 1. The standard InChI is InChI=1S/C30H31NO4/c1-17(32)18(2)35-25-13-11-20(14-26(25)34-5)29-28-22(15-30(3,4)16-24(28)33)27-21-9-7-6-8-19(21)10-12-23(27)31-29/h6-14,18,29,31H,15-16H2,1-5H3. The molecule has 1 heterocycles. The normalized spacial score (nSPS) is 19.5. The lowest BCUT2D eigenvalue weighted by Gasteiger charge is -2.40. The molecule has 0 amide bonds. The summed E-state index contributed by atoms with van der Waals surface area (Å²) in [4.78, 5) is 25.3. The molecule has 180 valence electrons. The van der Waals surface area contributed by atoms with Crippen molar-refractivity contribution in [1.82, 2.24) is 0 Å². The molecule has 5 nitrogen and oxygen atoms in total. The molecule has 0 bridgehead atoms. The van der Waals surface area contributed by atoms with E-state index in [0.717, 1.165) is 45.2 Å². The summed E-state index contributed by atoms with van der Waals surface area (Å²) in [5, 5.41) is 5.99. The Bertz CT molecular complexity index is 1380. The number of Topliss-reactive ketones (excluding diaryl/α,β-unsaturated/α-hetero) is 2. The molecule has 0 saturated heterocycles. The van der Waals surface area contributed by atoms with Gasteiger partial charge in [0.2, 0.25) is 0 Å². The predicted octanol–water partition coefficient (Wildman–Crippen LogP) is 6.51. The Morgan fingerprint density at radius 1 is 1.06 bits per heavy atom. The molecule has 0 fully saturated rings. The number of methoxy groups -OCH3 is 1. The topological polar surface area (TPSA) is 64.6 Å².